The Kier molecular flexibility index (Phi) is 10.7. The zero-order valence-electron chi connectivity index (χ0n) is 11.7. The monoisotopic (exact) mass is 258 g/mol. The van der Waals surface area contributed by atoms with Crippen LogP contribution >= 0.6 is 0 Å². The summed E-state index contributed by atoms with van der Waals surface area (Å²) >= 11 is 0. The first-order valence-corrected chi connectivity index (χ1v) is 6.73. The quantitative estimate of drug-likeness (QED) is 0.483. The Balaban J connectivity index is 3.78. The third-order valence-electron chi connectivity index (χ3n) is 2.47. The second kappa shape index (κ2) is 11.2. The van der Waals surface area contributed by atoms with Gasteiger partial charge in [0.15, 0.2) is 0 Å². The van der Waals surface area contributed by atoms with Gasteiger partial charge < -0.3 is 14.6 Å². The Labute approximate surface area is 110 Å². The Bertz CT molecular complexity index is 232. The van der Waals surface area contributed by atoms with Crippen molar-refractivity contribution in [3.63, 3.8) is 0 Å². The molecule has 0 saturated carbocycles. The van der Waals surface area contributed by atoms with E-state index in [1.165, 1.54) is 6.08 Å². The number of hydrogen-bond donors (Lipinski definition) is 1. The van der Waals surface area contributed by atoms with E-state index in [-0.39, 0.29) is 19.3 Å². The fourth-order valence-electron chi connectivity index (χ4n) is 1.61. The molecule has 0 fully saturated rings. The molecule has 0 amide bonds. The van der Waals surface area contributed by atoms with Gasteiger partial charge in [-0.3, -0.25) is 0 Å². The van der Waals surface area contributed by atoms with Crippen LogP contribution in [0.2, 0.25) is 0 Å². The van der Waals surface area contributed by atoms with Crippen LogP contribution in [0.4, 0.5) is 0 Å². The van der Waals surface area contributed by atoms with Gasteiger partial charge in [-0.05, 0) is 19.8 Å². The molecule has 106 valence electrons. The van der Waals surface area contributed by atoms with E-state index in [0.717, 1.165) is 25.7 Å². The summed E-state index contributed by atoms with van der Waals surface area (Å²) in [6, 6.07) is 0. The van der Waals surface area contributed by atoms with Crippen LogP contribution in [-0.2, 0) is 14.3 Å². The number of ether oxygens (including phenoxy) is 2. The molecule has 0 aliphatic rings. The molecule has 0 aliphatic carbocycles. The first-order chi connectivity index (χ1) is 8.63. The van der Waals surface area contributed by atoms with Gasteiger partial charge in [0, 0.05) is 6.08 Å². The minimum absolute atomic E-state index is 0.0197. The maximum Gasteiger partial charge on any atom is 0.330 e. The smallest absolute Gasteiger partial charge is 0.330 e. The molecule has 1 N–H and O–H groups in total. The third-order valence-corrected chi connectivity index (χ3v) is 2.47. The normalized spacial score (nSPS) is 13.2. The van der Waals surface area contributed by atoms with Crippen LogP contribution in [0.5, 0.6) is 0 Å². The molecule has 0 aromatic carbocycles. The molecule has 4 nitrogen and oxygen atoms in total. The summed E-state index contributed by atoms with van der Waals surface area (Å²) in [5.74, 6) is -0.435. The second-order valence-corrected chi connectivity index (χ2v) is 4.32. The van der Waals surface area contributed by atoms with E-state index in [0.29, 0.717) is 0 Å². The van der Waals surface area contributed by atoms with Crippen LogP contribution < -0.4 is 0 Å². The minimum Gasteiger partial charge on any atom is -0.460 e. The Hall–Kier alpha value is -0.870. The molecule has 0 bridgehead atoms. The minimum atomic E-state index is -0.754. The zero-order valence-corrected chi connectivity index (χ0v) is 11.7. The molecule has 0 radical (unpaired) electrons. The average Bonchev–Trinajstić information content (AvgIpc) is 2.34. The molecule has 4 heteroatoms. The molecule has 18 heavy (non-hydrogen) atoms. The van der Waals surface area contributed by atoms with E-state index in [4.69, 9.17) is 9.47 Å². The summed E-state index contributed by atoms with van der Waals surface area (Å²) in [5.41, 5.74) is 0. The number of aliphatic hydroxyl groups is 1. The molecule has 0 spiro atoms. The first-order valence-electron chi connectivity index (χ1n) is 6.73. The number of hydrogen-bond acceptors (Lipinski definition) is 4. The van der Waals surface area contributed by atoms with Crippen molar-refractivity contribution in [3.05, 3.63) is 12.2 Å². The van der Waals surface area contributed by atoms with Crippen molar-refractivity contribution in [2.45, 2.75) is 58.7 Å². The molecule has 0 aliphatic heterocycles. The van der Waals surface area contributed by atoms with Gasteiger partial charge in [0.25, 0.3) is 0 Å². The topological polar surface area (TPSA) is 55.8 Å². The highest BCUT2D eigenvalue weighted by Gasteiger charge is 2.12. The summed E-state index contributed by atoms with van der Waals surface area (Å²) in [6.45, 7) is 6.16. The maximum absolute atomic E-state index is 11.0. The van der Waals surface area contributed by atoms with E-state index in [9.17, 15) is 9.90 Å². The van der Waals surface area contributed by atoms with Crippen molar-refractivity contribution in [2.75, 3.05) is 13.2 Å². The maximum atomic E-state index is 11.0. The molecule has 0 rings (SSSR count). The SMILES string of the molecule is CC=CC(=O)OCC(O)COC(CCC)CCC. The van der Waals surface area contributed by atoms with E-state index < -0.39 is 12.1 Å². The average molecular weight is 258 g/mol. The predicted molar refractivity (Wildman–Crippen MR) is 71.3 cm³/mol. The van der Waals surface area contributed by atoms with Crippen molar-refractivity contribution >= 4 is 5.97 Å². The van der Waals surface area contributed by atoms with Crippen LogP contribution in [-0.4, -0.2) is 36.5 Å². The van der Waals surface area contributed by atoms with Gasteiger partial charge in [-0.2, -0.15) is 0 Å². The number of aliphatic hydroxyl groups excluding tert-OH is 1. The van der Waals surface area contributed by atoms with E-state index >= 15 is 0 Å². The fraction of sp³-hybridized carbons (Fsp3) is 0.786. The zero-order chi connectivity index (χ0) is 13.8. The predicted octanol–water partition coefficient (Wildman–Crippen LogP) is 2.45. The number of esters is 1. The largest absolute Gasteiger partial charge is 0.460 e. The van der Waals surface area contributed by atoms with Crippen LogP contribution in [0.1, 0.15) is 46.5 Å². The lowest BCUT2D eigenvalue weighted by Gasteiger charge is -2.18. The number of carbonyl (C=O) groups excluding carboxylic acids is 1. The number of carbonyl (C=O) groups is 1. The molecule has 1 atom stereocenters. The van der Waals surface area contributed by atoms with Crippen LogP contribution in [0.25, 0.3) is 0 Å². The van der Waals surface area contributed by atoms with Crippen molar-refractivity contribution < 1.29 is 19.4 Å². The molecule has 0 heterocycles. The van der Waals surface area contributed by atoms with Crippen molar-refractivity contribution in [1.82, 2.24) is 0 Å². The number of allylic oxidation sites excluding steroid dienone is 1. The summed E-state index contributed by atoms with van der Waals surface area (Å²) < 4.78 is 10.5. The van der Waals surface area contributed by atoms with Crippen LogP contribution in [0, 0.1) is 0 Å². The standard InChI is InChI=1S/C14H26O4/c1-4-7-13(8-5-2)17-10-12(15)11-18-14(16)9-6-3/h6,9,12-13,15H,4-5,7-8,10-11H2,1-3H3. The summed E-state index contributed by atoms with van der Waals surface area (Å²) in [7, 11) is 0. The summed E-state index contributed by atoms with van der Waals surface area (Å²) in [5, 5.41) is 9.63. The number of rotatable bonds is 10. The molecule has 1 unspecified atom stereocenters. The van der Waals surface area contributed by atoms with Gasteiger partial charge in [-0.15, -0.1) is 0 Å². The molecular weight excluding hydrogens is 232 g/mol. The summed E-state index contributed by atoms with van der Waals surface area (Å²) in [4.78, 5) is 11.0. The van der Waals surface area contributed by atoms with Gasteiger partial charge in [-0.1, -0.05) is 32.8 Å². The van der Waals surface area contributed by atoms with E-state index in [1.807, 2.05) is 0 Å². The Morgan fingerprint density at radius 2 is 1.83 bits per heavy atom. The van der Waals surface area contributed by atoms with Gasteiger partial charge in [0.2, 0.25) is 0 Å². The lowest BCUT2D eigenvalue weighted by Crippen LogP contribution is -2.26. The third kappa shape index (κ3) is 9.19. The fourth-order valence-corrected chi connectivity index (χ4v) is 1.61. The van der Waals surface area contributed by atoms with Gasteiger partial charge in [0.1, 0.15) is 12.7 Å². The highest BCUT2D eigenvalue weighted by Crippen LogP contribution is 2.09. The molecular formula is C14H26O4. The van der Waals surface area contributed by atoms with Crippen molar-refractivity contribution in [1.29, 1.82) is 0 Å². The first kappa shape index (κ1) is 17.1. The second-order valence-electron chi connectivity index (χ2n) is 4.32. The van der Waals surface area contributed by atoms with E-state index in [1.54, 1.807) is 13.0 Å². The van der Waals surface area contributed by atoms with Crippen molar-refractivity contribution in [3.8, 4) is 0 Å². The van der Waals surface area contributed by atoms with Crippen molar-refractivity contribution in [2.24, 2.45) is 0 Å². The van der Waals surface area contributed by atoms with Gasteiger partial charge in [-0.25, -0.2) is 4.79 Å². The molecule has 0 aromatic heterocycles. The lowest BCUT2D eigenvalue weighted by atomic mass is 10.1. The lowest BCUT2D eigenvalue weighted by molar-refractivity contribution is -0.142. The summed E-state index contributed by atoms with van der Waals surface area (Å²) in [6.07, 6.45) is 6.50. The highest BCUT2D eigenvalue weighted by molar-refractivity contribution is 5.81. The van der Waals surface area contributed by atoms with Crippen LogP contribution in [0.3, 0.4) is 0 Å². The highest BCUT2D eigenvalue weighted by atomic mass is 16.5. The Morgan fingerprint density at radius 3 is 2.33 bits per heavy atom. The van der Waals surface area contributed by atoms with Gasteiger partial charge >= 0.3 is 5.97 Å². The van der Waals surface area contributed by atoms with Crippen LogP contribution in [0.15, 0.2) is 12.2 Å². The Morgan fingerprint density at radius 1 is 1.22 bits per heavy atom. The van der Waals surface area contributed by atoms with Gasteiger partial charge in [0.05, 0.1) is 12.7 Å². The van der Waals surface area contributed by atoms with E-state index in [2.05, 4.69) is 13.8 Å². The molecule has 0 saturated heterocycles. The molecule has 0 aromatic rings.